The lowest BCUT2D eigenvalue weighted by Gasteiger charge is -2.28. The van der Waals surface area contributed by atoms with E-state index in [2.05, 4.69) is 11.9 Å². The Morgan fingerprint density at radius 2 is 1.89 bits per heavy atom. The molecule has 0 amide bonds. The predicted molar refractivity (Wildman–Crippen MR) is 110 cm³/mol. The standard InChI is InChI=1S/C21H25NO4S2/c1-15(20-8-4-5-13-22-20)27-17-9-11-18(12-10-17)28(25,26)14-16-6-2-3-7-19(16)21(23)24/h4-5,8-13,15-16,19H,2-3,6-7,14H2,1H3,(H,23,24). The Balaban J connectivity index is 1.68. The Kier molecular flexibility index (Phi) is 6.78. The summed E-state index contributed by atoms with van der Waals surface area (Å²) in [6.07, 6.45) is 4.73. The number of nitrogens with zero attached hydrogens (tertiary/aromatic N) is 1. The van der Waals surface area contributed by atoms with Gasteiger partial charge in [-0.05, 0) is 62.1 Å². The van der Waals surface area contributed by atoms with Gasteiger partial charge in [-0.1, -0.05) is 18.9 Å². The molecule has 5 nitrogen and oxygen atoms in total. The SMILES string of the molecule is CC(Sc1ccc(S(=O)(=O)CC2CCCCC2C(=O)O)cc1)c1ccccn1. The van der Waals surface area contributed by atoms with E-state index >= 15 is 0 Å². The van der Waals surface area contributed by atoms with Gasteiger partial charge in [-0.15, -0.1) is 11.8 Å². The van der Waals surface area contributed by atoms with Crippen molar-refractivity contribution in [2.24, 2.45) is 11.8 Å². The third-order valence-corrected chi connectivity index (χ3v) is 8.26. The lowest BCUT2D eigenvalue weighted by atomic mass is 9.80. The van der Waals surface area contributed by atoms with E-state index in [4.69, 9.17) is 0 Å². The van der Waals surface area contributed by atoms with Crippen molar-refractivity contribution in [2.75, 3.05) is 5.75 Å². The highest BCUT2D eigenvalue weighted by atomic mass is 32.2. The Morgan fingerprint density at radius 3 is 2.54 bits per heavy atom. The number of aliphatic carboxylic acids is 1. The van der Waals surface area contributed by atoms with Crippen molar-refractivity contribution in [1.82, 2.24) is 4.98 Å². The van der Waals surface area contributed by atoms with Gasteiger partial charge in [0.2, 0.25) is 0 Å². The highest BCUT2D eigenvalue weighted by Gasteiger charge is 2.34. The average Bonchev–Trinajstić information content (AvgIpc) is 2.69. The number of aromatic nitrogens is 1. The van der Waals surface area contributed by atoms with Crippen LogP contribution in [0.5, 0.6) is 0 Å². The van der Waals surface area contributed by atoms with Crippen LogP contribution >= 0.6 is 11.8 Å². The van der Waals surface area contributed by atoms with Gasteiger partial charge >= 0.3 is 5.97 Å². The van der Waals surface area contributed by atoms with Gasteiger partial charge in [0, 0.05) is 16.3 Å². The van der Waals surface area contributed by atoms with Crippen molar-refractivity contribution in [1.29, 1.82) is 0 Å². The highest BCUT2D eigenvalue weighted by molar-refractivity contribution is 7.99. The molecule has 3 rings (SSSR count). The fraction of sp³-hybridized carbons (Fsp3) is 0.429. The predicted octanol–water partition coefficient (Wildman–Crippen LogP) is 4.60. The van der Waals surface area contributed by atoms with Gasteiger partial charge < -0.3 is 5.11 Å². The van der Waals surface area contributed by atoms with Gasteiger partial charge in [0.15, 0.2) is 9.84 Å². The van der Waals surface area contributed by atoms with E-state index < -0.39 is 21.7 Å². The van der Waals surface area contributed by atoms with Crippen molar-refractivity contribution in [3.8, 4) is 0 Å². The van der Waals surface area contributed by atoms with Crippen LogP contribution in [0.15, 0.2) is 58.5 Å². The van der Waals surface area contributed by atoms with E-state index in [1.165, 1.54) is 0 Å². The number of benzene rings is 1. The van der Waals surface area contributed by atoms with Gasteiger partial charge in [0.25, 0.3) is 0 Å². The van der Waals surface area contributed by atoms with Crippen LogP contribution in [0.25, 0.3) is 0 Å². The third kappa shape index (κ3) is 5.14. The van der Waals surface area contributed by atoms with E-state index in [9.17, 15) is 18.3 Å². The molecular weight excluding hydrogens is 394 g/mol. The molecule has 0 spiro atoms. The number of carboxylic acids is 1. The van der Waals surface area contributed by atoms with Gasteiger partial charge in [-0.3, -0.25) is 9.78 Å². The maximum atomic E-state index is 12.8. The molecule has 1 fully saturated rings. The first kappa shape index (κ1) is 20.9. The number of pyridine rings is 1. The van der Waals surface area contributed by atoms with E-state index in [1.54, 1.807) is 30.1 Å². The molecule has 0 bridgehead atoms. The van der Waals surface area contributed by atoms with Crippen LogP contribution < -0.4 is 0 Å². The molecule has 28 heavy (non-hydrogen) atoms. The van der Waals surface area contributed by atoms with Gasteiger partial charge in [-0.2, -0.15) is 0 Å². The summed E-state index contributed by atoms with van der Waals surface area (Å²) in [6.45, 7) is 2.06. The molecule has 3 atom stereocenters. The molecule has 1 aromatic heterocycles. The minimum Gasteiger partial charge on any atom is -0.481 e. The zero-order chi connectivity index (χ0) is 20.1. The summed E-state index contributed by atoms with van der Waals surface area (Å²) in [5, 5.41) is 9.54. The molecule has 3 unspecified atom stereocenters. The van der Waals surface area contributed by atoms with Crippen LogP contribution in [0.1, 0.15) is 43.6 Å². The minimum atomic E-state index is -3.51. The van der Waals surface area contributed by atoms with Gasteiger partial charge in [0.1, 0.15) is 0 Å². The number of hydrogen-bond acceptors (Lipinski definition) is 5. The molecule has 150 valence electrons. The number of carbonyl (C=O) groups is 1. The van der Waals surface area contributed by atoms with E-state index in [1.807, 2.05) is 30.3 Å². The molecule has 1 aromatic carbocycles. The van der Waals surface area contributed by atoms with Crippen molar-refractivity contribution in [3.63, 3.8) is 0 Å². The number of rotatable bonds is 7. The molecule has 1 heterocycles. The molecule has 1 saturated carbocycles. The lowest BCUT2D eigenvalue weighted by Crippen LogP contribution is -2.32. The molecule has 1 aliphatic rings. The summed E-state index contributed by atoms with van der Waals surface area (Å²) >= 11 is 1.62. The minimum absolute atomic E-state index is 0.0964. The molecular formula is C21H25NO4S2. The van der Waals surface area contributed by atoms with Crippen LogP contribution in [-0.2, 0) is 14.6 Å². The fourth-order valence-electron chi connectivity index (χ4n) is 3.72. The van der Waals surface area contributed by atoms with Crippen LogP contribution in [0.4, 0.5) is 0 Å². The third-order valence-electron chi connectivity index (χ3n) is 5.26. The molecule has 0 radical (unpaired) electrons. The van der Waals surface area contributed by atoms with Crippen LogP contribution in [0.2, 0.25) is 0 Å². The number of sulfone groups is 1. The number of thioether (sulfide) groups is 1. The second kappa shape index (κ2) is 9.09. The molecule has 2 aromatic rings. The highest BCUT2D eigenvalue weighted by Crippen LogP contribution is 2.35. The number of hydrogen-bond donors (Lipinski definition) is 1. The Morgan fingerprint density at radius 1 is 1.18 bits per heavy atom. The van der Waals surface area contributed by atoms with E-state index in [0.717, 1.165) is 23.4 Å². The first-order chi connectivity index (χ1) is 13.4. The lowest BCUT2D eigenvalue weighted by molar-refractivity contribution is -0.144. The Hall–Kier alpha value is -1.86. The maximum Gasteiger partial charge on any atom is 0.306 e. The van der Waals surface area contributed by atoms with Crippen molar-refractivity contribution >= 4 is 27.6 Å². The van der Waals surface area contributed by atoms with Gasteiger partial charge in [-0.25, -0.2) is 8.42 Å². The van der Waals surface area contributed by atoms with E-state index in [0.29, 0.717) is 12.8 Å². The largest absolute Gasteiger partial charge is 0.481 e. The zero-order valence-corrected chi connectivity index (χ0v) is 17.5. The first-order valence-electron chi connectivity index (χ1n) is 9.50. The van der Waals surface area contributed by atoms with E-state index in [-0.39, 0.29) is 21.8 Å². The summed E-state index contributed by atoms with van der Waals surface area (Å²) in [5.74, 6) is -1.84. The van der Waals surface area contributed by atoms with Crippen LogP contribution in [0.3, 0.4) is 0 Å². The average molecular weight is 420 g/mol. The Bertz CT molecular complexity index is 898. The fourth-order valence-corrected chi connectivity index (χ4v) is 6.38. The normalized spacial score (nSPS) is 21.2. The van der Waals surface area contributed by atoms with Crippen molar-refractivity contribution in [2.45, 2.75) is 47.6 Å². The summed E-state index contributed by atoms with van der Waals surface area (Å²) < 4.78 is 25.6. The van der Waals surface area contributed by atoms with Crippen molar-refractivity contribution < 1.29 is 18.3 Å². The molecule has 0 aliphatic heterocycles. The topological polar surface area (TPSA) is 84.3 Å². The molecule has 7 heteroatoms. The zero-order valence-electron chi connectivity index (χ0n) is 15.8. The van der Waals surface area contributed by atoms with Gasteiger partial charge in [0.05, 0.1) is 22.3 Å². The smallest absolute Gasteiger partial charge is 0.306 e. The maximum absolute atomic E-state index is 12.8. The number of carboxylic acid groups (broad SMARTS) is 1. The summed E-state index contributed by atoms with van der Waals surface area (Å²) in [7, 11) is -3.51. The quantitative estimate of drug-likeness (QED) is 0.660. The van der Waals surface area contributed by atoms with Crippen LogP contribution in [0, 0.1) is 11.8 Å². The summed E-state index contributed by atoms with van der Waals surface area (Å²) in [6, 6.07) is 12.7. The second-order valence-electron chi connectivity index (χ2n) is 7.26. The monoisotopic (exact) mass is 419 g/mol. The molecule has 0 saturated heterocycles. The Labute approximate surface area is 170 Å². The molecule has 1 N–H and O–H groups in total. The molecule has 1 aliphatic carbocycles. The van der Waals surface area contributed by atoms with Crippen LogP contribution in [-0.4, -0.2) is 30.2 Å². The second-order valence-corrected chi connectivity index (χ2v) is 10.7. The first-order valence-corrected chi connectivity index (χ1v) is 12.0. The van der Waals surface area contributed by atoms with Crippen molar-refractivity contribution in [3.05, 3.63) is 54.4 Å². The summed E-state index contributed by atoms with van der Waals surface area (Å²) in [4.78, 5) is 17.0. The summed E-state index contributed by atoms with van der Waals surface area (Å²) in [5.41, 5.74) is 0.973.